The minimum atomic E-state index is -0.337. The zero-order chi connectivity index (χ0) is 14.8. The molecule has 1 heterocycles. The lowest BCUT2D eigenvalue weighted by atomic mass is 10.1. The first kappa shape index (κ1) is 13.6. The maximum absolute atomic E-state index is 11.0. The summed E-state index contributed by atoms with van der Waals surface area (Å²) in [7, 11) is 0. The molecule has 0 amide bonds. The fraction of sp³-hybridized carbons (Fsp3) is 0.125. The minimum Gasteiger partial charge on any atom is -0.381 e. The smallest absolute Gasteiger partial charge is 0.272 e. The molecule has 1 N–H and O–H groups in total. The topological polar surface area (TPSA) is 55.2 Å². The van der Waals surface area contributed by atoms with Gasteiger partial charge in [-0.3, -0.25) is 10.1 Å². The number of fused-ring (bicyclic) bond motifs is 1. The molecule has 2 aromatic carbocycles. The summed E-state index contributed by atoms with van der Waals surface area (Å²) in [4.78, 5) is 10.6. The van der Waals surface area contributed by atoms with Crippen LogP contribution in [0, 0.1) is 17.0 Å². The predicted molar refractivity (Wildman–Crippen MR) is 87.0 cm³/mol. The fourth-order valence-corrected chi connectivity index (χ4v) is 3.10. The van der Waals surface area contributed by atoms with E-state index in [1.54, 1.807) is 24.3 Å². The van der Waals surface area contributed by atoms with E-state index in [1.165, 1.54) is 16.2 Å². The highest BCUT2D eigenvalue weighted by Gasteiger charge is 2.12. The Kier molecular flexibility index (Phi) is 3.58. The van der Waals surface area contributed by atoms with Crippen molar-refractivity contribution in [2.75, 3.05) is 5.32 Å². The quantitative estimate of drug-likeness (QED) is 0.559. The van der Waals surface area contributed by atoms with Crippen LogP contribution >= 0.6 is 11.3 Å². The molecule has 3 aromatic rings. The summed E-state index contributed by atoms with van der Waals surface area (Å²) in [5.74, 6) is 0. The van der Waals surface area contributed by atoms with Crippen molar-refractivity contribution in [2.45, 2.75) is 13.5 Å². The van der Waals surface area contributed by atoms with Gasteiger partial charge in [-0.25, -0.2) is 0 Å². The van der Waals surface area contributed by atoms with Crippen LogP contribution in [0.2, 0.25) is 0 Å². The first-order valence-electron chi connectivity index (χ1n) is 6.59. The van der Waals surface area contributed by atoms with Crippen LogP contribution in [0.3, 0.4) is 0 Å². The van der Waals surface area contributed by atoms with Gasteiger partial charge in [-0.1, -0.05) is 12.1 Å². The molecule has 0 atom stereocenters. The van der Waals surface area contributed by atoms with Gasteiger partial charge >= 0.3 is 0 Å². The molecule has 0 aliphatic heterocycles. The number of anilines is 1. The van der Waals surface area contributed by atoms with Crippen LogP contribution < -0.4 is 5.32 Å². The van der Waals surface area contributed by atoms with Gasteiger partial charge in [-0.15, -0.1) is 11.3 Å². The van der Waals surface area contributed by atoms with Crippen LogP contribution in [0.15, 0.2) is 47.8 Å². The second-order valence-corrected chi connectivity index (χ2v) is 5.79. The van der Waals surface area contributed by atoms with E-state index in [1.807, 2.05) is 12.1 Å². The summed E-state index contributed by atoms with van der Waals surface area (Å²) < 4.78 is 1.26. The van der Waals surface area contributed by atoms with Gasteiger partial charge < -0.3 is 5.32 Å². The Morgan fingerprint density at radius 1 is 1.24 bits per heavy atom. The molecule has 0 aliphatic rings. The molecule has 5 heteroatoms. The summed E-state index contributed by atoms with van der Waals surface area (Å²) in [5.41, 5.74) is 2.84. The predicted octanol–water partition coefficient (Wildman–Crippen LogP) is 4.73. The van der Waals surface area contributed by atoms with E-state index in [4.69, 9.17) is 0 Å². The second-order valence-electron chi connectivity index (χ2n) is 4.85. The van der Waals surface area contributed by atoms with Gasteiger partial charge in [-0.05, 0) is 47.5 Å². The molecule has 21 heavy (non-hydrogen) atoms. The first-order chi connectivity index (χ1) is 10.1. The number of nitro benzene ring substituents is 1. The molecule has 0 spiro atoms. The zero-order valence-corrected chi connectivity index (χ0v) is 12.3. The van der Waals surface area contributed by atoms with Crippen molar-refractivity contribution < 1.29 is 4.92 Å². The van der Waals surface area contributed by atoms with Crippen molar-refractivity contribution >= 4 is 32.8 Å². The first-order valence-corrected chi connectivity index (χ1v) is 7.47. The minimum absolute atomic E-state index is 0.169. The number of hydrogen-bond donors (Lipinski definition) is 1. The summed E-state index contributed by atoms with van der Waals surface area (Å²) in [6.45, 7) is 2.36. The van der Waals surface area contributed by atoms with Crippen molar-refractivity contribution in [2.24, 2.45) is 0 Å². The monoisotopic (exact) mass is 298 g/mol. The fourth-order valence-electron chi connectivity index (χ4n) is 2.33. The van der Waals surface area contributed by atoms with Gasteiger partial charge in [0.2, 0.25) is 0 Å². The molecule has 4 nitrogen and oxygen atoms in total. The van der Waals surface area contributed by atoms with Gasteiger partial charge in [0.25, 0.3) is 5.69 Å². The highest BCUT2D eigenvalue weighted by atomic mass is 32.1. The summed E-state index contributed by atoms with van der Waals surface area (Å²) in [6.07, 6.45) is 0. The normalized spacial score (nSPS) is 10.7. The van der Waals surface area contributed by atoms with Crippen LogP contribution in [-0.4, -0.2) is 4.92 Å². The van der Waals surface area contributed by atoms with Crippen molar-refractivity contribution in [3.05, 3.63) is 69.1 Å². The Morgan fingerprint density at radius 2 is 2.10 bits per heavy atom. The SMILES string of the molecule is Cc1c(CNc2ccc3sccc3c2)cccc1[N+](=O)[O-]. The van der Waals surface area contributed by atoms with E-state index in [0.29, 0.717) is 12.1 Å². The highest BCUT2D eigenvalue weighted by Crippen LogP contribution is 2.25. The number of nitro groups is 1. The number of hydrogen-bond acceptors (Lipinski definition) is 4. The van der Waals surface area contributed by atoms with Crippen LogP contribution in [0.1, 0.15) is 11.1 Å². The molecule has 0 bridgehead atoms. The van der Waals surface area contributed by atoms with E-state index in [0.717, 1.165) is 11.3 Å². The Hall–Kier alpha value is -2.40. The number of rotatable bonds is 4. The second kappa shape index (κ2) is 5.54. The van der Waals surface area contributed by atoms with Gasteiger partial charge in [0.05, 0.1) is 4.92 Å². The number of benzene rings is 2. The van der Waals surface area contributed by atoms with Gasteiger partial charge in [-0.2, -0.15) is 0 Å². The molecule has 0 unspecified atom stereocenters. The van der Waals surface area contributed by atoms with Crippen molar-refractivity contribution in [3.8, 4) is 0 Å². The molecule has 0 saturated carbocycles. The third kappa shape index (κ3) is 2.73. The molecule has 0 radical (unpaired) electrons. The molecule has 106 valence electrons. The third-order valence-corrected chi connectivity index (χ3v) is 4.45. The Morgan fingerprint density at radius 3 is 2.90 bits per heavy atom. The van der Waals surface area contributed by atoms with Crippen LogP contribution in [0.25, 0.3) is 10.1 Å². The molecular weight excluding hydrogens is 284 g/mol. The summed E-state index contributed by atoms with van der Waals surface area (Å²) in [5, 5.41) is 17.6. The molecular formula is C16H14N2O2S. The number of thiophene rings is 1. The van der Waals surface area contributed by atoms with Crippen molar-refractivity contribution in [1.82, 2.24) is 0 Å². The average molecular weight is 298 g/mol. The average Bonchev–Trinajstić information content (AvgIpc) is 2.93. The Bertz CT molecular complexity index is 811. The van der Waals surface area contributed by atoms with E-state index >= 15 is 0 Å². The van der Waals surface area contributed by atoms with Gasteiger partial charge in [0.15, 0.2) is 0 Å². The number of nitrogens with one attached hydrogen (secondary N) is 1. The Balaban J connectivity index is 1.81. The molecule has 3 rings (SSSR count). The molecule has 0 fully saturated rings. The summed E-state index contributed by atoms with van der Waals surface area (Å²) >= 11 is 1.72. The van der Waals surface area contributed by atoms with E-state index in [-0.39, 0.29) is 10.6 Å². The highest BCUT2D eigenvalue weighted by molar-refractivity contribution is 7.17. The maximum Gasteiger partial charge on any atom is 0.272 e. The Labute approximate surface area is 126 Å². The lowest BCUT2D eigenvalue weighted by Crippen LogP contribution is -2.03. The van der Waals surface area contributed by atoms with Gasteiger partial charge in [0.1, 0.15) is 0 Å². The molecule has 0 saturated heterocycles. The van der Waals surface area contributed by atoms with E-state index in [9.17, 15) is 10.1 Å². The van der Waals surface area contributed by atoms with Crippen LogP contribution in [-0.2, 0) is 6.54 Å². The lowest BCUT2D eigenvalue weighted by Gasteiger charge is -2.09. The van der Waals surface area contributed by atoms with Crippen LogP contribution in [0.4, 0.5) is 11.4 Å². The zero-order valence-electron chi connectivity index (χ0n) is 11.5. The third-order valence-electron chi connectivity index (χ3n) is 3.55. The largest absolute Gasteiger partial charge is 0.381 e. The maximum atomic E-state index is 11.0. The molecule has 0 aliphatic carbocycles. The standard InChI is InChI=1S/C16H14N2O2S/c1-11-13(3-2-4-15(11)18(19)20)10-17-14-5-6-16-12(9-14)7-8-21-16/h2-9,17H,10H2,1H3. The lowest BCUT2D eigenvalue weighted by molar-refractivity contribution is -0.385. The van der Waals surface area contributed by atoms with Crippen LogP contribution in [0.5, 0.6) is 0 Å². The van der Waals surface area contributed by atoms with E-state index < -0.39 is 0 Å². The summed E-state index contributed by atoms with van der Waals surface area (Å²) in [6, 6.07) is 13.5. The number of nitrogens with zero attached hydrogens (tertiary/aromatic N) is 1. The van der Waals surface area contributed by atoms with Crippen molar-refractivity contribution in [3.63, 3.8) is 0 Å². The molecule has 1 aromatic heterocycles. The van der Waals surface area contributed by atoms with Crippen molar-refractivity contribution in [1.29, 1.82) is 0 Å². The van der Waals surface area contributed by atoms with Gasteiger partial charge in [0, 0.05) is 28.6 Å². The van der Waals surface area contributed by atoms with E-state index in [2.05, 4.69) is 28.9 Å².